The summed E-state index contributed by atoms with van der Waals surface area (Å²) in [5.74, 6) is 0.0885. The Bertz CT molecular complexity index is 592. The maximum atomic E-state index is 12.6. The third kappa shape index (κ3) is 2.80. The van der Waals surface area contributed by atoms with Gasteiger partial charge in [-0.3, -0.25) is 4.79 Å². The van der Waals surface area contributed by atoms with Crippen LogP contribution in [-0.4, -0.2) is 54.1 Å². The number of ether oxygens (including phenoxy) is 1. The predicted octanol–water partition coefficient (Wildman–Crippen LogP) is 2.36. The van der Waals surface area contributed by atoms with Gasteiger partial charge in [0.1, 0.15) is 6.61 Å². The van der Waals surface area contributed by atoms with Crippen LogP contribution in [0.15, 0.2) is 18.2 Å². The number of rotatable bonds is 2. The van der Waals surface area contributed by atoms with Crippen molar-refractivity contribution in [3.8, 4) is 0 Å². The van der Waals surface area contributed by atoms with Crippen LogP contribution < -0.4 is 0 Å². The zero-order valence-corrected chi connectivity index (χ0v) is 13.2. The van der Waals surface area contributed by atoms with E-state index in [0.717, 1.165) is 24.0 Å². The minimum atomic E-state index is -0.209. The summed E-state index contributed by atoms with van der Waals surface area (Å²) in [6, 6.07) is 6.06. The van der Waals surface area contributed by atoms with Crippen LogP contribution in [0, 0.1) is 13.8 Å². The zero-order chi connectivity index (χ0) is 15.7. The first-order valence-corrected chi connectivity index (χ1v) is 7.86. The molecule has 2 fully saturated rings. The monoisotopic (exact) mass is 302 g/mol. The number of hydrogen-bond acceptors (Lipinski definition) is 3. The van der Waals surface area contributed by atoms with Crippen molar-refractivity contribution in [1.82, 2.24) is 9.80 Å². The van der Waals surface area contributed by atoms with Crippen LogP contribution in [0.1, 0.15) is 34.3 Å². The van der Waals surface area contributed by atoms with Gasteiger partial charge in [0, 0.05) is 24.7 Å². The Morgan fingerprint density at radius 2 is 1.86 bits per heavy atom. The summed E-state index contributed by atoms with van der Waals surface area (Å²) >= 11 is 0. The van der Waals surface area contributed by atoms with Crippen molar-refractivity contribution < 1.29 is 14.3 Å². The quantitative estimate of drug-likeness (QED) is 0.842. The fraction of sp³-hybridized carbons (Fsp3) is 0.529. The second kappa shape index (κ2) is 5.99. The maximum absolute atomic E-state index is 12.6. The predicted molar refractivity (Wildman–Crippen MR) is 82.9 cm³/mol. The number of cyclic esters (lactones) is 1. The SMILES string of the molecule is Cc1ccc(C(=O)N2CCC(N3CCOC3=O)CC2)cc1C. The number of hydrogen-bond donors (Lipinski definition) is 0. The second-order valence-electron chi connectivity index (χ2n) is 6.13. The number of piperidine rings is 1. The Hall–Kier alpha value is -2.04. The summed E-state index contributed by atoms with van der Waals surface area (Å²) in [4.78, 5) is 27.9. The molecule has 0 saturated carbocycles. The minimum absolute atomic E-state index is 0.0885. The van der Waals surface area contributed by atoms with Gasteiger partial charge in [-0.2, -0.15) is 0 Å². The molecule has 0 N–H and O–H groups in total. The Morgan fingerprint density at radius 3 is 2.45 bits per heavy atom. The third-order valence-corrected chi connectivity index (χ3v) is 4.74. The zero-order valence-electron chi connectivity index (χ0n) is 13.2. The second-order valence-corrected chi connectivity index (χ2v) is 6.13. The van der Waals surface area contributed by atoms with E-state index in [4.69, 9.17) is 4.74 Å². The van der Waals surface area contributed by atoms with E-state index < -0.39 is 0 Å². The van der Waals surface area contributed by atoms with Gasteiger partial charge in [0.05, 0.1) is 6.54 Å². The highest BCUT2D eigenvalue weighted by Crippen LogP contribution is 2.21. The van der Waals surface area contributed by atoms with E-state index in [2.05, 4.69) is 0 Å². The fourth-order valence-corrected chi connectivity index (χ4v) is 3.17. The van der Waals surface area contributed by atoms with Gasteiger partial charge < -0.3 is 14.5 Å². The summed E-state index contributed by atoms with van der Waals surface area (Å²) in [5, 5.41) is 0. The number of likely N-dealkylation sites (tertiary alicyclic amines) is 1. The molecule has 0 aliphatic carbocycles. The Balaban J connectivity index is 1.62. The highest BCUT2D eigenvalue weighted by atomic mass is 16.6. The van der Waals surface area contributed by atoms with Crippen LogP contribution in [0.4, 0.5) is 4.79 Å². The van der Waals surface area contributed by atoms with Gasteiger partial charge in [-0.05, 0) is 49.9 Å². The third-order valence-electron chi connectivity index (χ3n) is 4.74. The molecule has 22 heavy (non-hydrogen) atoms. The lowest BCUT2D eigenvalue weighted by atomic mass is 10.0. The molecule has 3 rings (SSSR count). The molecule has 2 aliphatic heterocycles. The lowest BCUT2D eigenvalue weighted by Gasteiger charge is -2.35. The van der Waals surface area contributed by atoms with E-state index in [9.17, 15) is 9.59 Å². The highest BCUT2D eigenvalue weighted by molar-refractivity contribution is 5.94. The number of nitrogens with zero attached hydrogens (tertiary/aromatic N) is 2. The molecular weight excluding hydrogens is 280 g/mol. The van der Waals surface area contributed by atoms with Gasteiger partial charge in [-0.1, -0.05) is 6.07 Å². The van der Waals surface area contributed by atoms with Gasteiger partial charge in [-0.25, -0.2) is 4.79 Å². The molecule has 0 aromatic heterocycles. The Labute approximate surface area is 130 Å². The summed E-state index contributed by atoms with van der Waals surface area (Å²) in [6.45, 7) is 6.62. The Morgan fingerprint density at radius 1 is 1.14 bits per heavy atom. The fourth-order valence-electron chi connectivity index (χ4n) is 3.17. The number of carbonyl (C=O) groups is 2. The van der Waals surface area contributed by atoms with Gasteiger partial charge in [0.2, 0.25) is 0 Å². The van der Waals surface area contributed by atoms with Gasteiger partial charge in [-0.15, -0.1) is 0 Å². The molecule has 2 amide bonds. The van der Waals surface area contributed by atoms with Crippen LogP contribution in [-0.2, 0) is 4.74 Å². The first-order chi connectivity index (χ1) is 10.6. The normalized spacial score (nSPS) is 19.5. The van der Waals surface area contributed by atoms with Crippen molar-refractivity contribution >= 4 is 12.0 Å². The smallest absolute Gasteiger partial charge is 0.410 e. The molecule has 2 aliphatic rings. The van der Waals surface area contributed by atoms with Gasteiger partial charge in [0.15, 0.2) is 0 Å². The molecular formula is C17H22N2O3. The minimum Gasteiger partial charge on any atom is -0.448 e. The van der Waals surface area contributed by atoms with Crippen molar-refractivity contribution in [1.29, 1.82) is 0 Å². The van der Waals surface area contributed by atoms with Crippen molar-refractivity contribution in [2.24, 2.45) is 0 Å². The molecule has 118 valence electrons. The Kier molecular flexibility index (Phi) is 4.05. The van der Waals surface area contributed by atoms with Crippen molar-refractivity contribution in [3.63, 3.8) is 0 Å². The summed E-state index contributed by atoms with van der Waals surface area (Å²) in [6.07, 6.45) is 1.44. The number of benzene rings is 1. The molecule has 0 bridgehead atoms. The first-order valence-electron chi connectivity index (χ1n) is 7.86. The molecule has 0 unspecified atom stereocenters. The molecule has 1 aromatic rings. The molecule has 0 spiro atoms. The molecule has 2 heterocycles. The summed E-state index contributed by atoms with van der Waals surface area (Å²) < 4.78 is 4.99. The first kappa shape index (κ1) is 14.9. The van der Waals surface area contributed by atoms with Crippen LogP contribution in [0.3, 0.4) is 0 Å². The lowest BCUT2D eigenvalue weighted by molar-refractivity contribution is 0.0658. The molecule has 2 saturated heterocycles. The molecule has 0 radical (unpaired) electrons. The van der Waals surface area contributed by atoms with E-state index in [1.54, 1.807) is 4.90 Å². The largest absolute Gasteiger partial charge is 0.448 e. The van der Waals surface area contributed by atoms with Gasteiger partial charge >= 0.3 is 6.09 Å². The van der Waals surface area contributed by atoms with E-state index in [1.165, 1.54) is 5.56 Å². The topological polar surface area (TPSA) is 49.9 Å². The molecule has 5 heteroatoms. The number of amides is 2. The van der Waals surface area contributed by atoms with Crippen molar-refractivity contribution in [3.05, 3.63) is 34.9 Å². The maximum Gasteiger partial charge on any atom is 0.410 e. The average Bonchev–Trinajstić information content (AvgIpc) is 2.95. The van der Waals surface area contributed by atoms with E-state index in [-0.39, 0.29) is 18.0 Å². The van der Waals surface area contributed by atoms with Crippen LogP contribution in [0.2, 0.25) is 0 Å². The van der Waals surface area contributed by atoms with E-state index in [0.29, 0.717) is 26.2 Å². The van der Waals surface area contributed by atoms with Gasteiger partial charge in [0.25, 0.3) is 5.91 Å². The summed E-state index contributed by atoms with van der Waals surface area (Å²) in [5.41, 5.74) is 3.09. The van der Waals surface area contributed by atoms with Crippen LogP contribution in [0.25, 0.3) is 0 Å². The van der Waals surface area contributed by atoms with Crippen LogP contribution >= 0.6 is 0 Å². The lowest BCUT2D eigenvalue weighted by Crippen LogP contribution is -2.47. The summed E-state index contributed by atoms with van der Waals surface area (Å²) in [7, 11) is 0. The molecule has 1 aromatic carbocycles. The highest BCUT2D eigenvalue weighted by Gasteiger charge is 2.33. The van der Waals surface area contributed by atoms with E-state index >= 15 is 0 Å². The molecule has 0 atom stereocenters. The van der Waals surface area contributed by atoms with Crippen molar-refractivity contribution in [2.45, 2.75) is 32.7 Å². The average molecular weight is 302 g/mol. The van der Waals surface area contributed by atoms with Crippen LogP contribution in [0.5, 0.6) is 0 Å². The van der Waals surface area contributed by atoms with Crippen molar-refractivity contribution in [2.75, 3.05) is 26.2 Å². The molecule has 5 nitrogen and oxygen atoms in total. The standard InChI is InChI=1S/C17H22N2O3/c1-12-3-4-14(11-13(12)2)16(20)18-7-5-15(6-8-18)19-9-10-22-17(19)21/h3-4,11,15H,5-10H2,1-2H3. The van der Waals surface area contributed by atoms with E-state index in [1.807, 2.05) is 36.9 Å². The number of carbonyl (C=O) groups excluding carboxylic acids is 2. The number of aryl methyl sites for hydroxylation is 2.